The van der Waals surface area contributed by atoms with Crippen LogP contribution in [0.25, 0.3) is 0 Å². The van der Waals surface area contributed by atoms with Gasteiger partial charge in [-0.05, 0) is 25.0 Å². The van der Waals surface area contributed by atoms with Crippen molar-refractivity contribution in [1.82, 2.24) is 16.0 Å². The second-order valence-electron chi connectivity index (χ2n) is 6.90. The molecule has 3 N–H and O–H groups in total. The number of nitrogens with one attached hydrogen (secondary N) is 3. The van der Waals surface area contributed by atoms with Crippen molar-refractivity contribution in [3.8, 4) is 5.75 Å². The first kappa shape index (κ1) is 26.4. The molecule has 0 saturated carbocycles. The highest BCUT2D eigenvalue weighted by Crippen LogP contribution is 2.14. The van der Waals surface area contributed by atoms with Gasteiger partial charge in [0.1, 0.15) is 17.7 Å². The molecule has 2 rings (SSSR count). The fourth-order valence-electron chi connectivity index (χ4n) is 2.94. The van der Waals surface area contributed by atoms with Crippen molar-refractivity contribution in [2.75, 3.05) is 31.6 Å². The second-order valence-corrected chi connectivity index (χ2v) is 9.13. The Hall–Kier alpha value is -1.63. The first-order valence-corrected chi connectivity index (χ1v) is 11.5. The van der Waals surface area contributed by atoms with Gasteiger partial charge in [0.2, 0.25) is 5.91 Å². The molecule has 8 nitrogen and oxygen atoms in total. The van der Waals surface area contributed by atoms with Crippen molar-refractivity contribution < 1.29 is 22.3 Å². The van der Waals surface area contributed by atoms with E-state index in [0.717, 1.165) is 0 Å². The van der Waals surface area contributed by atoms with Crippen molar-refractivity contribution in [1.29, 1.82) is 0 Å². The summed E-state index contributed by atoms with van der Waals surface area (Å²) in [6, 6.07) is 5.70. The number of amides is 1. The monoisotopic (exact) mass is 556 g/mol. The van der Waals surface area contributed by atoms with Gasteiger partial charge in [-0.2, -0.15) is 0 Å². The first-order chi connectivity index (χ1) is 13.8. The molecule has 0 spiro atoms. The fraction of sp³-hybridized carbons (Fsp3) is 0.579. The van der Waals surface area contributed by atoms with E-state index in [1.54, 1.807) is 19.2 Å². The number of aliphatic imine (C=N–C) groups is 1. The third kappa shape index (κ3) is 9.45. The summed E-state index contributed by atoms with van der Waals surface area (Å²) in [6.07, 6.45) is 1.21. The standard InChI is InChI=1S/C19H29FN4O4S.HI/c1-3-16(28-17-6-4-5-14(20)11-17)12-23-19(21-2)22-9-7-18(25)24-15-8-10-29(26,27)13-15;/h4-6,11,15-16H,3,7-10,12-13H2,1-2H3,(H,24,25)(H2,21,22,23);1H. The molecule has 1 amide bonds. The molecule has 30 heavy (non-hydrogen) atoms. The number of halogens is 2. The van der Waals surface area contributed by atoms with Gasteiger partial charge in [0, 0.05) is 32.1 Å². The maximum atomic E-state index is 13.3. The first-order valence-electron chi connectivity index (χ1n) is 9.68. The third-order valence-electron chi connectivity index (χ3n) is 4.52. The number of carbonyl (C=O) groups excluding carboxylic acids is 1. The molecular weight excluding hydrogens is 526 g/mol. The number of benzene rings is 1. The van der Waals surface area contributed by atoms with Crippen LogP contribution < -0.4 is 20.7 Å². The number of nitrogens with zero attached hydrogens (tertiary/aromatic N) is 1. The maximum Gasteiger partial charge on any atom is 0.222 e. The summed E-state index contributed by atoms with van der Waals surface area (Å²) in [5.41, 5.74) is 0. The minimum Gasteiger partial charge on any atom is -0.489 e. The summed E-state index contributed by atoms with van der Waals surface area (Å²) in [5, 5.41) is 8.91. The zero-order chi connectivity index (χ0) is 21.3. The smallest absolute Gasteiger partial charge is 0.222 e. The van der Waals surface area contributed by atoms with Gasteiger partial charge < -0.3 is 20.7 Å². The molecule has 0 aliphatic carbocycles. The average molecular weight is 556 g/mol. The Kier molecular flexibility index (Phi) is 11.4. The summed E-state index contributed by atoms with van der Waals surface area (Å²) in [4.78, 5) is 16.1. The van der Waals surface area contributed by atoms with Gasteiger partial charge >= 0.3 is 0 Å². The van der Waals surface area contributed by atoms with Gasteiger partial charge in [-0.3, -0.25) is 9.79 Å². The van der Waals surface area contributed by atoms with Gasteiger partial charge in [0.05, 0.1) is 18.1 Å². The summed E-state index contributed by atoms with van der Waals surface area (Å²) >= 11 is 0. The number of sulfone groups is 1. The molecule has 1 fully saturated rings. The van der Waals surface area contributed by atoms with Crippen LogP contribution in [0.15, 0.2) is 29.3 Å². The normalized spacial score (nSPS) is 18.8. The molecule has 11 heteroatoms. The van der Waals surface area contributed by atoms with E-state index in [1.807, 2.05) is 6.92 Å². The Balaban J connectivity index is 0.00000450. The van der Waals surface area contributed by atoms with E-state index in [0.29, 0.717) is 37.6 Å². The van der Waals surface area contributed by atoms with E-state index in [1.165, 1.54) is 12.1 Å². The van der Waals surface area contributed by atoms with Crippen molar-refractivity contribution in [2.24, 2.45) is 4.99 Å². The zero-order valence-electron chi connectivity index (χ0n) is 17.2. The molecule has 1 aliphatic heterocycles. The quantitative estimate of drug-likeness (QED) is 0.242. The Morgan fingerprint density at radius 3 is 2.73 bits per heavy atom. The highest BCUT2D eigenvalue weighted by molar-refractivity contribution is 14.0. The van der Waals surface area contributed by atoms with E-state index in [4.69, 9.17) is 4.74 Å². The topological polar surface area (TPSA) is 109 Å². The van der Waals surface area contributed by atoms with Crippen molar-refractivity contribution in [3.63, 3.8) is 0 Å². The summed E-state index contributed by atoms with van der Waals surface area (Å²) in [6.45, 7) is 2.78. The van der Waals surface area contributed by atoms with Crippen molar-refractivity contribution in [3.05, 3.63) is 30.1 Å². The minimum atomic E-state index is -3.01. The molecule has 1 aliphatic rings. The van der Waals surface area contributed by atoms with Gasteiger partial charge in [-0.15, -0.1) is 24.0 Å². The van der Waals surface area contributed by atoms with Crippen molar-refractivity contribution in [2.45, 2.75) is 38.3 Å². The molecule has 0 bridgehead atoms. The van der Waals surface area contributed by atoms with Crippen LogP contribution in [0.2, 0.25) is 0 Å². The molecule has 0 aromatic heterocycles. The molecule has 1 heterocycles. The lowest BCUT2D eigenvalue weighted by atomic mass is 10.2. The molecular formula is C19H30FIN4O4S. The van der Waals surface area contributed by atoms with E-state index in [-0.39, 0.29) is 65.8 Å². The van der Waals surface area contributed by atoms with Crippen molar-refractivity contribution >= 4 is 45.7 Å². The molecule has 1 aromatic rings. The van der Waals surface area contributed by atoms with Crippen LogP contribution >= 0.6 is 24.0 Å². The Labute approximate surface area is 194 Å². The van der Waals surface area contributed by atoms with Crippen LogP contribution in [0, 0.1) is 5.82 Å². The fourth-order valence-corrected chi connectivity index (χ4v) is 4.61. The lowest BCUT2D eigenvalue weighted by molar-refractivity contribution is -0.121. The molecule has 0 radical (unpaired) electrons. The highest BCUT2D eigenvalue weighted by Gasteiger charge is 2.28. The van der Waals surface area contributed by atoms with Crippen LogP contribution in [-0.4, -0.2) is 64.1 Å². The largest absolute Gasteiger partial charge is 0.489 e. The summed E-state index contributed by atoms with van der Waals surface area (Å²) in [5.74, 6) is 0.573. The number of rotatable bonds is 9. The van der Waals surface area contributed by atoms with Crippen LogP contribution in [0.5, 0.6) is 5.75 Å². The van der Waals surface area contributed by atoms with Gasteiger partial charge in [0.15, 0.2) is 15.8 Å². The Morgan fingerprint density at radius 2 is 2.13 bits per heavy atom. The van der Waals surface area contributed by atoms with Crippen LogP contribution in [0.3, 0.4) is 0 Å². The predicted octanol–water partition coefficient (Wildman–Crippen LogP) is 1.46. The average Bonchev–Trinajstić information content (AvgIpc) is 3.01. The maximum absolute atomic E-state index is 13.3. The Bertz CT molecular complexity index is 823. The lowest BCUT2D eigenvalue weighted by Gasteiger charge is -2.20. The molecule has 170 valence electrons. The number of hydrogen-bond acceptors (Lipinski definition) is 5. The number of ether oxygens (including phenoxy) is 1. The Morgan fingerprint density at radius 1 is 1.37 bits per heavy atom. The SMILES string of the molecule is CCC(CNC(=NC)NCCC(=O)NC1CCS(=O)(=O)C1)Oc1cccc(F)c1.I. The molecule has 1 saturated heterocycles. The van der Waals surface area contributed by atoms with E-state index in [9.17, 15) is 17.6 Å². The second kappa shape index (κ2) is 12.9. The highest BCUT2D eigenvalue weighted by atomic mass is 127. The third-order valence-corrected chi connectivity index (χ3v) is 6.28. The zero-order valence-corrected chi connectivity index (χ0v) is 20.3. The van der Waals surface area contributed by atoms with E-state index < -0.39 is 9.84 Å². The van der Waals surface area contributed by atoms with Gasteiger partial charge in [-0.1, -0.05) is 13.0 Å². The van der Waals surface area contributed by atoms with Crippen LogP contribution in [0.4, 0.5) is 4.39 Å². The lowest BCUT2D eigenvalue weighted by Crippen LogP contribution is -2.44. The number of guanidine groups is 1. The number of hydrogen-bond donors (Lipinski definition) is 3. The van der Waals surface area contributed by atoms with Crippen LogP contribution in [0.1, 0.15) is 26.2 Å². The molecule has 1 aromatic carbocycles. The summed E-state index contributed by atoms with van der Waals surface area (Å²) in [7, 11) is -1.40. The van der Waals surface area contributed by atoms with Gasteiger partial charge in [0.25, 0.3) is 0 Å². The molecule has 2 atom stereocenters. The van der Waals surface area contributed by atoms with Crippen LogP contribution in [-0.2, 0) is 14.6 Å². The number of carbonyl (C=O) groups is 1. The summed E-state index contributed by atoms with van der Waals surface area (Å²) < 4.78 is 41.9. The molecule has 2 unspecified atom stereocenters. The predicted molar refractivity (Wildman–Crippen MR) is 126 cm³/mol. The van der Waals surface area contributed by atoms with Gasteiger partial charge in [-0.25, -0.2) is 12.8 Å². The van der Waals surface area contributed by atoms with E-state index in [2.05, 4.69) is 20.9 Å². The minimum absolute atomic E-state index is 0. The van der Waals surface area contributed by atoms with E-state index >= 15 is 0 Å².